The summed E-state index contributed by atoms with van der Waals surface area (Å²) in [7, 11) is 0. The first-order valence-electron chi connectivity index (χ1n) is 6.96. The van der Waals surface area contributed by atoms with E-state index in [1.54, 1.807) is 17.8 Å². The molecule has 0 bridgehead atoms. The molecule has 1 fully saturated rings. The maximum atomic E-state index is 12.6. The second-order valence-electron chi connectivity index (χ2n) is 4.90. The summed E-state index contributed by atoms with van der Waals surface area (Å²) in [4.78, 5) is 15.5. The van der Waals surface area contributed by atoms with Crippen LogP contribution in [-0.2, 0) is 4.74 Å². The van der Waals surface area contributed by atoms with E-state index >= 15 is 0 Å². The molecule has 2 rings (SSSR count). The predicted molar refractivity (Wildman–Crippen MR) is 91.9 cm³/mol. The van der Waals surface area contributed by atoms with Crippen LogP contribution in [0.15, 0.2) is 23.1 Å². The largest absolute Gasteiger partial charge is 0.377 e. The quantitative estimate of drug-likeness (QED) is 0.558. The van der Waals surface area contributed by atoms with Crippen molar-refractivity contribution >= 4 is 45.2 Å². The van der Waals surface area contributed by atoms with Gasteiger partial charge in [-0.15, -0.1) is 11.8 Å². The van der Waals surface area contributed by atoms with Crippen molar-refractivity contribution in [1.29, 1.82) is 0 Å². The molecule has 0 saturated carbocycles. The molecule has 6 heteroatoms. The van der Waals surface area contributed by atoms with E-state index in [2.05, 4.69) is 15.9 Å². The molecule has 21 heavy (non-hydrogen) atoms. The maximum absolute atomic E-state index is 12.6. The molecule has 0 atom stereocenters. The Morgan fingerprint density at radius 3 is 2.81 bits per heavy atom. The summed E-state index contributed by atoms with van der Waals surface area (Å²) >= 11 is 11.1. The first kappa shape index (κ1) is 17.1. The van der Waals surface area contributed by atoms with E-state index in [-0.39, 0.29) is 12.0 Å². The van der Waals surface area contributed by atoms with Crippen molar-refractivity contribution in [3.63, 3.8) is 0 Å². The summed E-state index contributed by atoms with van der Waals surface area (Å²) < 4.78 is 5.71. The Morgan fingerprint density at radius 1 is 1.48 bits per heavy atom. The van der Waals surface area contributed by atoms with Gasteiger partial charge >= 0.3 is 0 Å². The van der Waals surface area contributed by atoms with Crippen LogP contribution in [0.3, 0.4) is 0 Å². The summed E-state index contributed by atoms with van der Waals surface area (Å²) in [6, 6.07) is 5.61. The van der Waals surface area contributed by atoms with Gasteiger partial charge in [0.2, 0.25) is 0 Å². The average molecular weight is 393 g/mol. The van der Waals surface area contributed by atoms with E-state index in [0.29, 0.717) is 10.6 Å². The number of halogens is 2. The van der Waals surface area contributed by atoms with Gasteiger partial charge in [0.15, 0.2) is 0 Å². The Morgan fingerprint density at radius 2 is 2.19 bits per heavy atom. The minimum Gasteiger partial charge on any atom is -0.377 e. The molecule has 0 unspecified atom stereocenters. The minimum atomic E-state index is 0.0230. The standard InChI is InChI=1S/C15H19BrClNO2S/c1-21-12-2-3-14(17)13(10-12)15(19)18-7-4-11(5-8-18)20-9-6-16/h2-3,10-11H,4-9H2,1H3. The molecule has 0 spiro atoms. The van der Waals surface area contributed by atoms with Gasteiger partial charge in [0.1, 0.15) is 0 Å². The van der Waals surface area contributed by atoms with Crippen LogP contribution in [0, 0.1) is 0 Å². The fourth-order valence-corrected chi connectivity index (χ4v) is 3.23. The molecule has 1 amide bonds. The topological polar surface area (TPSA) is 29.5 Å². The van der Waals surface area contributed by atoms with Gasteiger partial charge in [-0.1, -0.05) is 27.5 Å². The third kappa shape index (κ3) is 4.62. The number of amides is 1. The number of nitrogens with zero attached hydrogens (tertiary/aromatic N) is 1. The number of carbonyl (C=O) groups excluding carboxylic acids is 1. The van der Waals surface area contributed by atoms with Crippen LogP contribution in [0.25, 0.3) is 0 Å². The molecule has 116 valence electrons. The minimum absolute atomic E-state index is 0.0230. The lowest BCUT2D eigenvalue weighted by Gasteiger charge is -2.32. The van der Waals surface area contributed by atoms with Crippen LogP contribution in [0.4, 0.5) is 0 Å². The summed E-state index contributed by atoms with van der Waals surface area (Å²) in [5, 5.41) is 1.37. The van der Waals surface area contributed by atoms with Gasteiger partial charge in [-0.25, -0.2) is 0 Å². The number of rotatable bonds is 5. The Kier molecular flexibility index (Phi) is 6.86. The van der Waals surface area contributed by atoms with Crippen molar-refractivity contribution in [2.24, 2.45) is 0 Å². The van der Waals surface area contributed by atoms with Crippen molar-refractivity contribution < 1.29 is 9.53 Å². The molecule has 1 aliphatic heterocycles. The average Bonchev–Trinajstić information content (AvgIpc) is 2.53. The Labute approximate surface area is 143 Å². The van der Waals surface area contributed by atoms with E-state index in [0.717, 1.165) is 42.8 Å². The number of carbonyl (C=O) groups is 1. The molecule has 1 aromatic rings. The monoisotopic (exact) mass is 391 g/mol. The van der Waals surface area contributed by atoms with Gasteiger partial charge in [0, 0.05) is 23.3 Å². The predicted octanol–water partition coefficient (Wildman–Crippen LogP) is 4.08. The number of benzene rings is 1. The Balaban J connectivity index is 1.98. The fraction of sp³-hybridized carbons (Fsp3) is 0.533. The zero-order valence-electron chi connectivity index (χ0n) is 12.0. The first-order chi connectivity index (χ1) is 10.2. The number of hydrogen-bond donors (Lipinski definition) is 0. The second kappa shape index (κ2) is 8.42. The zero-order chi connectivity index (χ0) is 15.2. The van der Waals surface area contributed by atoms with Crippen LogP contribution in [0.2, 0.25) is 5.02 Å². The van der Waals surface area contributed by atoms with Crippen LogP contribution in [0.5, 0.6) is 0 Å². The number of alkyl halides is 1. The Hall–Kier alpha value is -0.230. The van der Waals surface area contributed by atoms with Crippen LogP contribution in [-0.4, -0.2) is 48.2 Å². The van der Waals surface area contributed by atoms with Crippen LogP contribution < -0.4 is 0 Å². The highest BCUT2D eigenvalue weighted by Gasteiger charge is 2.25. The van der Waals surface area contributed by atoms with Crippen LogP contribution >= 0.6 is 39.3 Å². The van der Waals surface area contributed by atoms with Gasteiger partial charge < -0.3 is 9.64 Å². The number of hydrogen-bond acceptors (Lipinski definition) is 3. The molecule has 0 N–H and O–H groups in total. The lowest BCUT2D eigenvalue weighted by Crippen LogP contribution is -2.41. The van der Waals surface area contributed by atoms with Crippen molar-refractivity contribution in [1.82, 2.24) is 4.90 Å². The molecule has 1 aromatic carbocycles. The molecule has 0 radical (unpaired) electrons. The molecule has 0 aromatic heterocycles. The third-order valence-electron chi connectivity index (χ3n) is 3.56. The number of thioether (sulfide) groups is 1. The normalized spacial score (nSPS) is 16.2. The number of likely N-dealkylation sites (tertiary alicyclic amines) is 1. The van der Waals surface area contributed by atoms with Gasteiger partial charge in [0.05, 0.1) is 23.3 Å². The van der Waals surface area contributed by atoms with E-state index in [4.69, 9.17) is 16.3 Å². The van der Waals surface area contributed by atoms with E-state index in [9.17, 15) is 4.79 Å². The first-order valence-corrected chi connectivity index (χ1v) is 9.68. The summed E-state index contributed by atoms with van der Waals surface area (Å²) in [6.45, 7) is 2.18. The van der Waals surface area contributed by atoms with Crippen molar-refractivity contribution in [3.05, 3.63) is 28.8 Å². The van der Waals surface area contributed by atoms with Gasteiger partial charge in [-0.2, -0.15) is 0 Å². The molecule has 1 saturated heterocycles. The summed E-state index contributed by atoms with van der Waals surface area (Å²) in [5.74, 6) is 0.0230. The summed E-state index contributed by atoms with van der Waals surface area (Å²) in [6.07, 6.45) is 4.03. The highest BCUT2D eigenvalue weighted by atomic mass is 79.9. The zero-order valence-corrected chi connectivity index (χ0v) is 15.1. The number of piperidine rings is 1. The molecule has 1 aliphatic rings. The van der Waals surface area contributed by atoms with Crippen molar-refractivity contribution in [2.45, 2.75) is 23.8 Å². The van der Waals surface area contributed by atoms with E-state index in [1.807, 2.05) is 23.3 Å². The second-order valence-corrected chi connectivity index (χ2v) is 6.98. The SMILES string of the molecule is CSc1ccc(Cl)c(C(=O)N2CCC(OCCBr)CC2)c1. The van der Waals surface area contributed by atoms with Crippen LogP contribution in [0.1, 0.15) is 23.2 Å². The third-order valence-corrected chi connectivity index (χ3v) is 4.94. The molecule has 3 nitrogen and oxygen atoms in total. The highest BCUT2D eigenvalue weighted by Crippen LogP contribution is 2.25. The number of ether oxygens (including phenoxy) is 1. The van der Waals surface area contributed by atoms with Crippen molar-refractivity contribution in [3.8, 4) is 0 Å². The molecule has 1 heterocycles. The summed E-state index contributed by atoms with van der Waals surface area (Å²) in [5.41, 5.74) is 0.600. The van der Waals surface area contributed by atoms with Gasteiger partial charge in [0.25, 0.3) is 5.91 Å². The van der Waals surface area contributed by atoms with Gasteiger partial charge in [-0.3, -0.25) is 4.79 Å². The van der Waals surface area contributed by atoms with Crippen molar-refractivity contribution in [2.75, 3.05) is 31.3 Å². The molecular weight excluding hydrogens is 374 g/mol. The van der Waals surface area contributed by atoms with E-state index in [1.165, 1.54) is 0 Å². The Bertz CT molecular complexity index is 493. The van der Waals surface area contributed by atoms with E-state index < -0.39 is 0 Å². The fourth-order valence-electron chi connectivity index (χ4n) is 2.40. The lowest BCUT2D eigenvalue weighted by atomic mass is 10.1. The lowest BCUT2D eigenvalue weighted by molar-refractivity contribution is 0.0160. The van der Waals surface area contributed by atoms with Gasteiger partial charge in [-0.05, 0) is 37.3 Å². The maximum Gasteiger partial charge on any atom is 0.255 e. The molecule has 0 aliphatic carbocycles. The smallest absolute Gasteiger partial charge is 0.255 e. The molecular formula is C15H19BrClNO2S. The highest BCUT2D eigenvalue weighted by molar-refractivity contribution is 9.09.